The number of carbonyl (C=O) groups excluding carboxylic acids is 2. The number of nitrogens with one attached hydrogen (secondary N) is 1. The van der Waals surface area contributed by atoms with E-state index in [4.69, 9.17) is 15.2 Å². The predicted molar refractivity (Wildman–Crippen MR) is 134 cm³/mol. The fraction of sp³-hybridized carbons (Fsp3) is 0.481. The zero-order valence-corrected chi connectivity index (χ0v) is 20.9. The van der Waals surface area contributed by atoms with Crippen molar-refractivity contribution in [2.45, 2.75) is 70.7 Å². The van der Waals surface area contributed by atoms with Crippen molar-refractivity contribution in [1.29, 1.82) is 0 Å². The van der Waals surface area contributed by atoms with Gasteiger partial charge in [-0.15, -0.1) is 0 Å². The van der Waals surface area contributed by atoms with Gasteiger partial charge in [-0.25, -0.2) is 4.79 Å². The molecule has 0 unspecified atom stereocenters. The minimum absolute atomic E-state index is 0.203. The first-order valence-corrected chi connectivity index (χ1v) is 11.8. The monoisotopic (exact) mass is 467 g/mol. The first-order chi connectivity index (χ1) is 16.1. The molecular weight excluding hydrogens is 430 g/mol. The van der Waals surface area contributed by atoms with Crippen LogP contribution in [0.5, 0.6) is 5.75 Å². The Hall–Kier alpha value is -3.06. The first kappa shape index (κ1) is 25.6. The highest BCUT2D eigenvalue weighted by atomic mass is 16.6. The number of methoxy groups -OCH3 is 1. The van der Waals surface area contributed by atoms with Gasteiger partial charge in [0.25, 0.3) is 0 Å². The molecule has 1 saturated carbocycles. The number of hydrogen-bond acceptors (Lipinski definition) is 5. The van der Waals surface area contributed by atoms with Crippen LogP contribution in [0.25, 0.3) is 11.1 Å². The van der Waals surface area contributed by atoms with Crippen LogP contribution >= 0.6 is 0 Å². The van der Waals surface area contributed by atoms with Crippen molar-refractivity contribution in [2.24, 2.45) is 5.73 Å². The van der Waals surface area contributed by atoms with Gasteiger partial charge in [0.2, 0.25) is 5.91 Å². The molecule has 1 fully saturated rings. The first-order valence-electron chi connectivity index (χ1n) is 11.8. The summed E-state index contributed by atoms with van der Waals surface area (Å²) in [5.74, 6) is 0.404. The molecule has 7 heteroatoms. The highest BCUT2D eigenvalue weighted by Gasteiger charge is 2.29. The van der Waals surface area contributed by atoms with E-state index in [1.807, 2.05) is 52.1 Å². The summed E-state index contributed by atoms with van der Waals surface area (Å²) in [6, 6.07) is 14.0. The van der Waals surface area contributed by atoms with Gasteiger partial charge in [0.05, 0.1) is 7.11 Å². The lowest BCUT2D eigenvalue weighted by molar-refractivity contribution is 0.0179. The van der Waals surface area contributed by atoms with Gasteiger partial charge in [-0.05, 0) is 81.8 Å². The van der Waals surface area contributed by atoms with Crippen LogP contribution in [0.2, 0.25) is 0 Å². The molecule has 3 rings (SSSR count). The van der Waals surface area contributed by atoms with Gasteiger partial charge in [-0.3, -0.25) is 4.79 Å². The van der Waals surface area contributed by atoms with Gasteiger partial charge >= 0.3 is 6.09 Å². The second-order valence-electron chi connectivity index (χ2n) is 9.95. The summed E-state index contributed by atoms with van der Waals surface area (Å²) in [7, 11) is 3.51. The molecule has 0 saturated heterocycles. The average molecular weight is 468 g/mol. The van der Waals surface area contributed by atoms with Gasteiger partial charge in [0.15, 0.2) is 0 Å². The van der Waals surface area contributed by atoms with E-state index in [2.05, 4.69) is 11.4 Å². The number of amides is 2. The van der Waals surface area contributed by atoms with E-state index >= 15 is 0 Å². The maximum atomic E-state index is 12.4. The summed E-state index contributed by atoms with van der Waals surface area (Å²) in [5.41, 5.74) is 8.50. The maximum absolute atomic E-state index is 12.4. The van der Waals surface area contributed by atoms with Crippen molar-refractivity contribution in [3.8, 4) is 16.9 Å². The Morgan fingerprint density at radius 1 is 1.03 bits per heavy atom. The predicted octanol–water partition coefficient (Wildman–Crippen LogP) is 4.73. The van der Waals surface area contributed by atoms with Crippen molar-refractivity contribution in [1.82, 2.24) is 10.2 Å². The minimum Gasteiger partial charge on any atom is -0.496 e. The van der Waals surface area contributed by atoms with Gasteiger partial charge in [-0.2, -0.15) is 0 Å². The summed E-state index contributed by atoms with van der Waals surface area (Å²) in [6.07, 6.45) is 3.62. The number of hydrogen-bond donors (Lipinski definition) is 2. The van der Waals surface area contributed by atoms with Gasteiger partial charge in [-0.1, -0.05) is 18.2 Å². The van der Waals surface area contributed by atoms with Crippen molar-refractivity contribution < 1.29 is 19.1 Å². The maximum Gasteiger partial charge on any atom is 0.410 e. The van der Waals surface area contributed by atoms with E-state index in [9.17, 15) is 9.59 Å². The van der Waals surface area contributed by atoms with Crippen LogP contribution in [-0.2, 0) is 11.3 Å². The molecule has 7 nitrogen and oxygen atoms in total. The van der Waals surface area contributed by atoms with Gasteiger partial charge in [0, 0.05) is 36.8 Å². The molecule has 0 spiro atoms. The Kier molecular flexibility index (Phi) is 8.20. The van der Waals surface area contributed by atoms with E-state index in [1.54, 1.807) is 24.1 Å². The topological polar surface area (TPSA) is 93.9 Å². The Bertz CT molecular complexity index is 990. The number of primary amides is 1. The normalized spacial score (nSPS) is 18.3. The van der Waals surface area contributed by atoms with E-state index < -0.39 is 11.5 Å². The van der Waals surface area contributed by atoms with E-state index in [0.29, 0.717) is 18.2 Å². The van der Waals surface area contributed by atoms with Gasteiger partial charge in [0.1, 0.15) is 11.4 Å². The third-order valence-electron chi connectivity index (χ3n) is 6.29. The second kappa shape index (κ2) is 10.9. The molecule has 2 aromatic rings. The van der Waals surface area contributed by atoms with Crippen LogP contribution in [-0.4, -0.2) is 48.7 Å². The molecule has 1 aliphatic rings. The number of nitrogens with zero attached hydrogens (tertiary/aromatic N) is 1. The molecule has 2 amide bonds. The molecule has 2 aromatic carbocycles. The van der Waals surface area contributed by atoms with Crippen LogP contribution in [0.4, 0.5) is 4.79 Å². The summed E-state index contributed by atoms with van der Waals surface area (Å²) >= 11 is 0. The molecule has 0 atom stereocenters. The zero-order valence-electron chi connectivity index (χ0n) is 20.9. The molecule has 1 aliphatic carbocycles. The van der Waals surface area contributed by atoms with Crippen LogP contribution < -0.4 is 15.8 Å². The third kappa shape index (κ3) is 6.73. The van der Waals surface area contributed by atoms with Crippen molar-refractivity contribution in [3.63, 3.8) is 0 Å². The zero-order chi connectivity index (χ0) is 24.9. The van der Waals surface area contributed by atoms with Crippen molar-refractivity contribution in [2.75, 3.05) is 14.2 Å². The number of benzene rings is 2. The van der Waals surface area contributed by atoms with Crippen molar-refractivity contribution >= 4 is 12.0 Å². The number of ether oxygens (including phenoxy) is 2. The molecule has 0 heterocycles. The van der Waals surface area contributed by atoms with E-state index in [1.165, 1.54) is 0 Å². The van der Waals surface area contributed by atoms with Crippen LogP contribution in [0, 0.1) is 0 Å². The summed E-state index contributed by atoms with van der Waals surface area (Å²) in [4.78, 5) is 25.5. The lowest BCUT2D eigenvalue weighted by Crippen LogP contribution is -2.44. The van der Waals surface area contributed by atoms with E-state index in [0.717, 1.165) is 48.1 Å². The number of carbonyl (C=O) groups is 2. The molecule has 0 aliphatic heterocycles. The van der Waals surface area contributed by atoms with Crippen LogP contribution in [0.3, 0.4) is 0 Å². The van der Waals surface area contributed by atoms with Crippen molar-refractivity contribution in [3.05, 3.63) is 53.6 Å². The smallest absolute Gasteiger partial charge is 0.410 e. The lowest BCUT2D eigenvalue weighted by atomic mass is 9.90. The molecule has 0 radical (unpaired) electrons. The Morgan fingerprint density at radius 3 is 2.21 bits per heavy atom. The standard InChI is InChI=1S/C27H37N3O4/c1-27(2,3)34-26(32)30(4)23-13-11-22(12-14-23)29-17-21-16-20(10-15-24(21)33-5)18-6-8-19(9-7-18)25(28)31/h6-10,15-16,22-23,29H,11-14,17H2,1-5H3,(H2,28,31)/t22-,23-. The molecule has 3 N–H and O–H groups in total. The molecule has 0 aromatic heterocycles. The molecular formula is C27H37N3O4. The Morgan fingerprint density at radius 2 is 1.65 bits per heavy atom. The van der Waals surface area contributed by atoms with E-state index in [-0.39, 0.29) is 12.1 Å². The molecule has 184 valence electrons. The highest BCUT2D eigenvalue weighted by Crippen LogP contribution is 2.28. The minimum atomic E-state index is -0.485. The SMILES string of the molecule is COc1ccc(-c2ccc(C(N)=O)cc2)cc1CN[C@H]1CC[C@H](N(C)C(=O)OC(C)(C)C)CC1. The fourth-order valence-electron chi connectivity index (χ4n) is 4.33. The average Bonchev–Trinajstić information content (AvgIpc) is 2.81. The Labute approximate surface area is 202 Å². The summed E-state index contributed by atoms with van der Waals surface area (Å²) in [6.45, 7) is 6.35. The molecule has 0 bridgehead atoms. The summed E-state index contributed by atoms with van der Waals surface area (Å²) < 4.78 is 11.1. The summed E-state index contributed by atoms with van der Waals surface area (Å²) in [5, 5.41) is 3.67. The lowest BCUT2D eigenvalue weighted by Gasteiger charge is -2.36. The van der Waals surface area contributed by atoms with Gasteiger partial charge < -0.3 is 25.4 Å². The van der Waals surface area contributed by atoms with Crippen LogP contribution in [0.15, 0.2) is 42.5 Å². The number of nitrogens with two attached hydrogens (primary N) is 1. The second-order valence-corrected chi connectivity index (χ2v) is 9.95. The largest absolute Gasteiger partial charge is 0.496 e. The highest BCUT2D eigenvalue weighted by molar-refractivity contribution is 5.93. The van der Waals surface area contributed by atoms with Crippen LogP contribution in [0.1, 0.15) is 62.4 Å². The fourth-order valence-corrected chi connectivity index (χ4v) is 4.33. The third-order valence-corrected chi connectivity index (χ3v) is 6.29. The quantitative estimate of drug-likeness (QED) is 0.614. The Balaban J connectivity index is 1.58. The number of rotatable bonds is 7. The molecule has 34 heavy (non-hydrogen) atoms.